The van der Waals surface area contributed by atoms with Crippen LogP contribution < -0.4 is 0 Å². The van der Waals surface area contributed by atoms with Crippen molar-refractivity contribution in [1.82, 2.24) is 29.6 Å². The molecule has 8 heteroatoms. The number of aromatic nitrogens is 5. The van der Waals surface area contributed by atoms with Crippen LogP contribution >= 0.6 is 0 Å². The lowest BCUT2D eigenvalue weighted by Gasteiger charge is -2.16. The van der Waals surface area contributed by atoms with Gasteiger partial charge in [-0.05, 0) is 36.2 Å². The quantitative estimate of drug-likeness (QED) is 0.745. The van der Waals surface area contributed by atoms with E-state index < -0.39 is 6.10 Å². The molecule has 4 rings (SSSR count). The summed E-state index contributed by atoms with van der Waals surface area (Å²) in [5, 5.41) is 17.9. The molecule has 2 atom stereocenters. The van der Waals surface area contributed by atoms with E-state index in [0.717, 1.165) is 5.56 Å². The summed E-state index contributed by atoms with van der Waals surface area (Å²) in [5.74, 6) is 0.396. The molecule has 3 aromatic heterocycles. The molecule has 1 aliphatic heterocycles. The van der Waals surface area contributed by atoms with Crippen molar-refractivity contribution in [2.45, 2.75) is 12.5 Å². The van der Waals surface area contributed by atoms with Gasteiger partial charge in [0.1, 0.15) is 24.2 Å². The summed E-state index contributed by atoms with van der Waals surface area (Å²) in [6, 6.07) is 9.10. The van der Waals surface area contributed by atoms with Crippen molar-refractivity contribution in [3.05, 3.63) is 66.6 Å². The number of hydrogen-bond donors (Lipinski definition) is 1. The first-order valence-electron chi connectivity index (χ1n) is 8.39. The molecule has 132 valence electrons. The number of β-amino-alcohol motifs (C(OH)–C–C–N with tert-alkyl or cyclic N) is 1. The highest BCUT2D eigenvalue weighted by atomic mass is 16.3. The Labute approximate surface area is 150 Å². The Morgan fingerprint density at radius 2 is 1.88 bits per heavy atom. The first-order valence-corrected chi connectivity index (χ1v) is 8.39. The van der Waals surface area contributed by atoms with E-state index in [1.807, 2.05) is 12.1 Å². The van der Waals surface area contributed by atoms with Gasteiger partial charge in [0.25, 0.3) is 5.91 Å². The van der Waals surface area contributed by atoms with Crippen LogP contribution in [0.5, 0.6) is 0 Å². The molecule has 0 bridgehead atoms. The van der Waals surface area contributed by atoms with E-state index >= 15 is 0 Å². The third-order valence-electron chi connectivity index (χ3n) is 4.58. The molecular formula is C18H18N6O2. The van der Waals surface area contributed by atoms with Gasteiger partial charge in [0, 0.05) is 31.4 Å². The number of aliphatic hydroxyl groups excluding tert-OH is 1. The van der Waals surface area contributed by atoms with Crippen LogP contribution in [-0.2, 0) is 6.42 Å². The predicted molar refractivity (Wildman–Crippen MR) is 92.5 cm³/mol. The number of amides is 1. The molecule has 1 aliphatic rings. The van der Waals surface area contributed by atoms with Crippen LogP contribution in [-0.4, -0.2) is 59.8 Å². The summed E-state index contributed by atoms with van der Waals surface area (Å²) in [5.41, 5.74) is 1.44. The summed E-state index contributed by atoms with van der Waals surface area (Å²) in [6.07, 6.45) is 6.69. The number of nitrogens with zero attached hydrogens (tertiary/aromatic N) is 6. The van der Waals surface area contributed by atoms with E-state index in [4.69, 9.17) is 0 Å². The van der Waals surface area contributed by atoms with Crippen molar-refractivity contribution in [2.24, 2.45) is 5.92 Å². The molecular weight excluding hydrogens is 332 g/mol. The van der Waals surface area contributed by atoms with Crippen molar-refractivity contribution < 1.29 is 9.90 Å². The molecule has 26 heavy (non-hydrogen) atoms. The maximum Gasteiger partial charge on any atom is 0.272 e. The fraction of sp³-hybridized carbons (Fsp3) is 0.278. The second kappa shape index (κ2) is 7.01. The number of rotatable bonds is 4. The number of pyridine rings is 2. The second-order valence-corrected chi connectivity index (χ2v) is 6.35. The summed E-state index contributed by atoms with van der Waals surface area (Å²) in [7, 11) is 0. The van der Waals surface area contributed by atoms with Crippen LogP contribution in [0.1, 0.15) is 16.1 Å². The standard InChI is InChI=1S/C18H18N6O2/c25-16-10-23(9-14(16)8-13-4-6-19-7-5-13)18(26)15-2-1-3-17(22-15)24-11-20-21-12-24/h1-7,11-12,14,16,25H,8-10H2/t14-,16-/m1/s1. The SMILES string of the molecule is O=C(c1cccc(-n2cnnc2)n1)N1C[C@@H](Cc2ccncc2)[C@H](O)C1. The first kappa shape index (κ1) is 16.3. The Bertz CT molecular complexity index is 884. The van der Waals surface area contributed by atoms with E-state index in [1.54, 1.807) is 40.1 Å². The Morgan fingerprint density at radius 3 is 2.65 bits per heavy atom. The topological polar surface area (TPSA) is 97.0 Å². The van der Waals surface area contributed by atoms with Gasteiger partial charge in [0.05, 0.1) is 6.10 Å². The highest BCUT2D eigenvalue weighted by Gasteiger charge is 2.34. The molecule has 0 spiro atoms. The van der Waals surface area contributed by atoms with E-state index in [0.29, 0.717) is 31.0 Å². The van der Waals surface area contributed by atoms with Crippen molar-refractivity contribution in [1.29, 1.82) is 0 Å². The van der Waals surface area contributed by atoms with Crippen LogP contribution in [0.25, 0.3) is 5.82 Å². The van der Waals surface area contributed by atoms with Gasteiger partial charge < -0.3 is 10.0 Å². The minimum absolute atomic E-state index is 0.00221. The lowest BCUT2D eigenvalue weighted by Crippen LogP contribution is -2.30. The summed E-state index contributed by atoms with van der Waals surface area (Å²) < 4.78 is 1.64. The normalized spacial score (nSPS) is 19.7. The molecule has 4 heterocycles. The minimum Gasteiger partial charge on any atom is -0.391 e. The number of likely N-dealkylation sites (tertiary alicyclic amines) is 1. The van der Waals surface area contributed by atoms with Gasteiger partial charge in [-0.25, -0.2) is 4.98 Å². The largest absolute Gasteiger partial charge is 0.391 e. The fourth-order valence-corrected chi connectivity index (χ4v) is 3.21. The third kappa shape index (κ3) is 3.31. The monoisotopic (exact) mass is 350 g/mol. The van der Waals surface area contributed by atoms with E-state index in [2.05, 4.69) is 20.2 Å². The molecule has 1 amide bonds. The Morgan fingerprint density at radius 1 is 1.12 bits per heavy atom. The smallest absolute Gasteiger partial charge is 0.272 e. The predicted octanol–water partition coefficient (Wildman–Crippen LogP) is 0.733. The lowest BCUT2D eigenvalue weighted by molar-refractivity contribution is 0.0759. The zero-order valence-electron chi connectivity index (χ0n) is 14.0. The maximum atomic E-state index is 12.8. The Balaban J connectivity index is 1.48. The number of carbonyl (C=O) groups excluding carboxylic acids is 1. The molecule has 1 fully saturated rings. The molecule has 3 aromatic rings. The molecule has 0 saturated carbocycles. The zero-order chi connectivity index (χ0) is 17.9. The van der Waals surface area contributed by atoms with Crippen LogP contribution in [0, 0.1) is 5.92 Å². The van der Waals surface area contributed by atoms with Crippen LogP contribution in [0.2, 0.25) is 0 Å². The molecule has 0 aliphatic carbocycles. The Kier molecular flexibility index (Phi) is 4.40. The fourth-order valence-electron chi connectivity index (χ4n) is 3.21. The van der Waals surface area contributed by atoms with Gasteiger partial charge in [-0.2, -0.15) is 0 Å². The van der Waals surface area contributed by atoms with Gasteiger partial charge in [-0.1, -0.05) is 6.07 Å². The molecule has 1 N–H and O–H groups in total. The van der Waals surface area contributed by atoms with E-state index in [1.165, 1.54) is 12.7 Å². The van der Waals surface area contributed by atoms with Crippen molar-refractivity contribution >= 4 is 5.91 Å². The second-order valence-electron chi connectivity index (χ2n) is 6.35. The van der Waals surface area contributed by atoms with Crippen molar-refractivity contribution in [3.63, 3.8) is 0 Å². The zero-order valence-corrected chi connectivity index (χ0v) is 14.0. The summed E-state index contributed by atoms with van der Waals surface area (Å²) >= 11 is 0. The summed E-state index contributed by atoms with van der Waals surface area (Å²) in [6.45, 7) is 0.813. The van der Waals surface area contributed by atoms with Gasteiger partial charge in [-0.3, -0.25) is 14.3 Å². The number of aliphatic hydroxyl groups is 1. The van der Waals surface area contributed by atoms with Crippen LogP contribution in [0.4, 0.5) is 0 Å². The lowest BCUT2D eigenvalue weighted by atomic mass is 9.97. The van der Waals surface area contributed by atoms with Crippen molar-refractivity contribution in [2.75, 3.05) is 13.1 Å². The van der Waals surface area contributed by atoms with Gasteiger partial charge in [0.15, 0.2) is 0 Å². The highest BCUT2D eigenvalue weighted by molar-refractivity contribution is 5.92. The van der Waals surface area contributed by atoms with E-state index in [9.17, 15) is 9.90 Å². The average Bonchev–Trinajstić information content (AvgIpc) is 3.33. The van der Waals surface area contributed by atoms with Crippen molar-refractivity contribution in [3.8, 4) is 5.82 Å². The molecule has 1 saturated heterocycles. The molecule has 0 unspecified atom stereocenters. The van der Waals surface area contributed by atoms with E-state index in [-0.39, 0.29) is 11.8 Å². The first-order chi connectivity index (χ1) is 12.7. The third-order valence-corrected chi connectivity index (χ3v) is 4.58. The molecule has 8 nitrogen and oxygen atoms in total. The number of hydrogen-bond acceptors (Lipinski definition) is 6. The molecule has 0 aromatic carbocycles. The maximum absolute atomic E-state index is 12.8. The summed E-state index contributed by atoms with van der Waals surface area (Å²) in [4.78, 5) is 22.9. The average molecular weight is 350 g/mol. The highest BCUT2D eigenvalue weighted by Crippen LogP contribution is 2.23. The van der Waals surface area contributed by atoms with Gasteiger partial charge >= 0.3 is 0 Å². The van der Waals surface area contributed by atoms with Gasteiger partial charge in [-0.15, -0.1) is 10.2 Å². The van der Waals surface area contributed by atoms with Crippen LogP contribution in [0.15, 0.2) is 55.4 Å². The number of carbonyl (C=O) groups is 1. The van der Waals surface area contributed by atoms with Crippen LogP contribution in [0.3, 0.4) is 0 Å². The minimum atomic E-state index is -0.548. The van der Waals surface area contributed by atoms with Gasteiger partial charge in [0.2, 0.25) is 0 Å². The Hall–Kier alpha value is -3.13. The molecule has 0 radical (unpaired) electrons.